The van der Waals surface area contributed by atoms with Crippen molar-refractivity contribution in [1.29, 1.82) is 0 Å². The first-order valence-corrected chi connectivity index (χ1v) is 11.6. The molecule has 1 fully saturated rings. The largest absolute Gasteiger partial charge is 0.422 e. The van der Waals surface area contributed by atoms with Crippen LogP contribution in [-0.2, 0) is 22.2 Å². The zero-order valence-corrected chi connectivity index (χ0v) is 18.0. The molecule has 0 aliphatic carbocycles. The summed E-state index contributed by atoms with van der Waals surface area (Å²) in [5.74, 6) is -0.289. The zero-order chi connectivity index (χ0) is 24.0. The van der Waals surface area contributed by atoms with Crippen LogP contribution in [0.15, 0.2) is 54.7 Å². The van der Waals surface area contributed by atoms with E-state index in [9.17, 15) is 36.8 Å². The van der Waals surface area contributed by atoms with Crippen LogP contribution in [0, 0.1) is 10.1 Å². The van der Waals surface area contributed by atoms with Crippen molar-refractivity contribution in [1.82, 2.24) is 8.87 Å². The molecule has 176 valence electrons. The second-order valence-electron chi connectivity index (χ2n) is 7.98. The van der Waals surface area contributed by atoms with Gasteiger partial charge in [-0.1, -0.05) is 30.3 Å². The number of nitrogens with zero attached hydrogens (tertiary/aromatic N) is 3. The minimum Gasteiger partial charge on any atom is -0.375 e. The molecule has 12 heteroatoms. The topological polar surface area (TPSA) is 106 Å². The van der Waals surface area contributed by atoms with E-state index in [1.165, 1.54) is 4.57 Å². The van der Waals surface area contributed by atoms with Gasteiger partial charge in [0, 0.05) is 42.4 Å². The highest BCUT2D eigenvalue weighted by molar-refractivity contribution is 7.89. The zero-order valence-electron chi connectivity index (χ0n) is 17.2. The summed E-state index contributed by atoms with van der Waals surface area (Å²) in [6, 6.07) is 12.1. The Morgan fingerprint density at radius 2 is 1.82 bits per heavy atom. The third kappa shape index (κ3) is 4.21. The molecule has 1 atom stereocenters. The van der Waals surface area contributed by atoms with Gasteiger partial charge in [-0.15, -0.1) is 0 Å². The number of aromatic nitrogens is 1. The molecule has 1 aliphatic rings. The first-order valence-electron chi connectivity index (χ1n) is 10.0. The van der Waals surface area contributed by atoms with Crippen molar-refractivity contribution < 1.29 is 31.6 Å². The summed E-state index contributed by atoms with van der Waals surface area (Å²) in [5, 5.41) is 22.2. The quantitative estimate of drug-likeness (QED) is 0.428. The average Bonchev–Trinajstić information content (AvgIpc) is 3.27. The van der Waals surface area contributed by atoms with Gasteiger partial charge in [0.2, 0.25) is 15.6 Å². The number of nitro benzene ring substituents is 1. The van der Waals surface area contributed by atoms with Crippen molar-refractivity contribution in [3.8, 4) is 0 Å². The van der Waals surface area contributed by atoms with Crippen LogP contribution in [0.2, 0.25) is 0 Å². The highest BCUT2D eigenvalue weighted by atomic mass is 32.2. The lowest BCUT2D eigenvalue weighted by Gasteiger charge is -2.33. The van der Waals surface area contributed by atoms with E-state index >= 15 is 0 Å². The van der Waals surface area contributed by atoms with Crippen LogP contribution < -0.4 is 0 Å². The molecule has 2 heterocycles. The summed E-state index contributed by atoms with van der Waals surface area (Å²) in [6.07, 6.45) is -3.95. The molecule has 0 radical (unpaired) electrons. The number of non-ortho nitro benzene ring substituents is 1. The van der Waals surface area contributed by atoms with E-state index in [0.717, 1.165) is 30.0 Å². The summed E-state index contributed by atoms with van der Waals surface area (Å²) in [4.78, 5) is 10.6. The molecule has 1 aliphatic heterocycles. The predicted octanol–water partition coefficient (Wildman–Crippen LogP) is 3.38. The molecule has 1 saturated heterocycles. The number of hydrogen-bond donors (Lipinski definition) is 1. The number of benzene rings is 2. The van der Waals surface area contributed by atoms with Gasteiger partial charge in [0.05, 0.1) is 22.7 Å². The molecule has 2 aromatic carbocycles. The van der Waals surface area contributed by atoms with Crippen LogP contribution in [0.4, 0.5) is 18.9 Å². The molecule has 8 nitrogen and oxygen atoms in total. The van der Waals surface area contributed by atoms with Crippen LogP contribution in [0.25, 0.3) is 10.9 Å². The van der Waals surface area contributed by atoms with Crippen molar-refractivity contribution in [2.45, 2.75) is 24.7 Å². The fourth-order valence-electron chi connectivity index (χ4n) is 4.09. The molecule has 33 heavy (non-hydrogen) atoms. The van der Waals surface area contributed by atoms with Gasteiger partial charge in [0.15, 0.2) is 0 Å². The smallest absolute Gasteiger partial charge is 0.375 e. The predicted molar refractivity (Wildman–Crippen MR) is 114 cm³/mol. The second kappa shape index (κ2) is 8.12. The van der Waals surface area contributed by atoms with Gasteiger partial charge >= 0.3 is 6.18 Å². The van der Waals surface area contributed by atoms with E-state index in [4.69, 9.17) is 0 Å². The molecular formula is C21H20F3N3O5S. The van der Waals surface area contributed by atoms with Gasteiger partial charge in [0.25, 0.3) is 5.69 Å². The molecule has 0 spiro atoms. The monoisotopic (exact) mass is 483 g/mol. The maximum atomic E-state index is 14.3. The Kier molecular flexibility index (Phi) is 5.71. The van der Waals surface area contributed by atoms with E-state index in [-0.39, 0.29) is 41.9 Å². The van der Waals surface area contributed by atoms with E-state index < -0.39 is 38.8 Å². The number of halogens is 3. The summed E-state index contributed by atoms with van der Waals surface area (Å²) in [7, 11) is -3.92. The Balaban J connectivity index is 1.91. The number of β-amino-alcohol motifs (C(OH)–C–C–N with tert-alkyl or cyclic N) is 1. The first-order chi connectivity index (χ1) is 15.4. The normalized spacial score (nSPS) is 18.4. The maximum absolute atomic E-state index is 14.3. The Labute approximate surface area is 187 Å². The number of hydrogen-bond acceptors (Lipinski definition) is 5. The number of aliphatic hydroxyl groups is 1. The molecule has 0 saturated carbocycles. The molecular weight excluding hydrogens is 463 g/mol. The third-order valence-electron chi connectivity index (χ3n) is 5.80. The van der Waals surface area contributed by atoms with Crippen molar-refractivity contribution >= 4 is 26.6 Å². The number of sulfonamides is 1. The minimum atomic E-state index is -5.21. The fraction of sp³-hybridized carbons (Fsp3) is 0.333. The van der Waals surface area contributed by atoms with Crippen molar-refractivity contribution in [2.75, 3.05) is 18.8 Å². The SMILES string of the molecule is O=[N+]([O-])c1ccc2c(C(O)(CN3CCCS3(=O)=O)C(F)(F)F)cn(Cc3ccccc3)c2c1. The van der Waals surface area contributed by atoms with Gasteiger partial charge in [-0.3, -0.25) is 10.1 Å². The van der Waals surface area contributed by atoms with Crippen LogP contribution in [-0.4, -0.2) is 52.3 Å². The standard InChI is InChI=1S/C21H20F3N3O5S/c22-21(23,24)20(28,14-26-9-4-10-33(26,31)32)18-13-25(12-15-5-2-1-3-6-15)19-11-16(27(29)30)7-8-17(18)19/h1-3,5-8,11,13,28H,4,9-10,12,14H2. The fourth-order valence-corrected chi connectivity index (χ4v) is 5.63. The molecule has 4 rings (SSSR count). The average molecular weight is 483 g/mol. The lowest BCUT2D eigenvalue weighted by Crippen LogP contribution is -2.51. The van der Waals surface area contributed by atoms with Crippen LogP contribution in [0.1, 0.15) is 17.5 Å². The van der Waals surface area contributed by atoms with Gasteiger partial charge in [-0.05, 0) is 18.1 Å². The van der Waals surface area contributed by atoms with E-state index in [1.54, 1.807) is 30.3 Å². The molecule has 0 amide bonds. The summed E-state index contributed by atoms with van der Waals surface area (Å²) in [5.41, 5.74) is -3.54. The highest BCUT2D eigenvalue weighted by Crippen LogP contribution is 2.44. The van der Waals surface area contributed by atoms with Crippen LogP contribution in [0.5, 0.6) is 0 Å². The summed E-state index contributed by atoms with van der Waals surface area (Å²) < 4.78 is 69.3. The van der Waals surface area contributed by atoms with Gasteiger partial charge in [0.1, 0.15) is 0 Å². The highest BCUT2D eigenvalue weighted by Gasteiger charge is 2.58. The maximum Gasteiger partial charge on any atom is 0.422 e. The van der Waals surface area contributed by atoms with E-state index in [2.05, 4.69) is 0 Å². The van der Waals surface area contributed by atoms with Crippen LogP contribution in [0.3, 0.4) is 0 Å². The summed E-state index contributed by atoms with van der Waals surface area (Å²) in [6.45, 7) is -1.23. The Bertz CT molecular complexity index is 1310. The summed E-state index contributed by atoms with van der Waals surface area (Å²) >= 11 is 0. The van der Waals surface area contributed by atoms with E-state index in [1.807, 2.05) is 0 Å². The number of rotatable bonds is 6. The number of nitro groups is 1. The lowest BCUT2D eigenvalue weighted by atomic mass is 9.92. The minimum absolute atomic E-state index is 0.0482. The van der Waals surface area contributed by atoms with Crippen molar-refractivity contribution in [2.24, 2.45) is 0 Å². The Morgan fingerprint density at radius 1 is 1.12 bits per heavy atom. The van der Waals surface area contributed by atoms with Gasteiger partial charge < -0.3 is 9.67 Å². The first kappa shape index (κ1) is 23.2. The van der Waals surface area contributed by atoms with E-state index in [0.29, 0.717) is 4.31 Å². The molecule has 3 aromatic rings. The second-order valence-corrected chi connectivity index (χ2v) is 10.1. The van der Waals surface area contributed by atoms with Gasteiger partial charge in [-0.25, -0.2) is 8.42 Å². The third-order valence-corrected chi connectivity index (χ3v) is 7.70. The molecule has 0 bridgehead atoms. The number of alkyl halides is 3. The molecule has 1 unspecified atom stereocenters. The number of fused-ring (bicyclic) bond motifs is 1. The Morgan fingerprint density at radius 3 is 2.39 bits per heavy atom. The van der Waals surface area contributed by atoms with Crippen LogP contribution >= 0.6 is 0 Å². The van der Waals surface area contributed by atoms with Crippen molar-refractivity contribution in [3.05, 3.63) is 76.0 Å². The molecule has 1 N–H and O–H groups in total. The van der Waals surface area contributed by atoms with Crippen molar-refractivity contribution in [3.63, 3.8) is 0 Å². The Hall–Kier alpha value is -2.96. The van der Waals surface area contributed by atoms with Gasteiger partial charge in [-0.2, -0.15) is 17.5 Å². The molecule has 1 aromatic heterocycles. The lowest BCUT2D eigenvalue weighted by molar-refractivity contribution is -0.384.